The molecule has 0 bridgehead atoms. The second kappa shape index (κ2) is 6.74. The van der Waals surface area contributed by atoms with Gasteiger partial charge in [0.05, 0.1) is 0 Å². The molecule has 0 aliphatic heterocycles. The van der Waals surface area contributed by atoms with Gasteiger partial charge in [-0.3, -0.25) is 4.79 Å². The van der Waals surface area contributed by atoms with Crippen molar-refractivity contribution in [2.45, 2.75) is 6.42 Å². The summed E-state index contributed by atoms with van der Waals surface area (Å²) in [5.74, 6) is 0.0808. The molecule has 0 heterocycles. The fourth-order valence-corrected chi connectivity index (χ4v) is 3.20. The van der Waals surface area contributed by atoms with E-state index in [1.807, 2.05) is 78.9 Å². The van der Waals surface area contributed by atoms with Gasteiger partial charge in [-0.25, -0.2) is 0 Å². The molecule has 0 amide bonds. The molecule has 25 heavy (non-hydrogen) atoms. The highest BCUT2D eigenvalue weighted by Gasteiger charge is 2.14. The summed E-state index contributed by atoms with van der Waals surface area (Å²) in [4.78, 5) is 13.1. The third-order valence-electron chi connectivity index (χ3n) is 4.51. The zero-order valence-corrected chi connectivity index (χ0v) is 13.9. The summed E-state index contributed by atoms with van der Waals surface area (Å²) in [5.41, 5.74) is 3.79. The van der Waals surface area contributed by atoms with E-state index in [4.69, 9.17) is 0 Å². The molecule has 0 aromatic heterocycles. The largest absolute Gasteiger partial charge is 0.289 e. The van der Waals surface area contributed by atoms with E-state index in [1.54, 1.807) is 0 Å². The first-order chi connectivity index (χ1) is 12.3. The van der Waals surface area contributed by atoms with Gasteiger partial charge >= 0.3 is 0 Å². The molecule has 0 saturated heterocycles. The predicted molar refractivity (Wildman–Crippen MR) is 103 cm³/mol. The molecule has 4 rings (SSSR count). The van der Waals surface area contributed by atoms with Crippen LogP contribution in [0.15, 0.2) is 97.1 Å². The van der Waals surface area contributed by atoms with E-state index in [1.165, 1.54) is 5.56 Å². The SMILES string of the molecule is O=C(c1ccc2ccccc2c1)c1ccccc1Cc1ccccc1. The minimum absolute atomic E-state index is 0.0808. The van der Waals surface area contributed by atoms with Crippen molar-refractivity contribution in [3.8, 4) is 0 Å². The van der Waals surface area contributed by atoms with Crippen molar-refractivity contribution >= 4 is 16.6 Å². The molecule has 4 aromatic rings. The van der Waals surface area contributed by atoms with Crippen LogP contribution in [0.4, 0.5) is 0 Å². The van der Waals surface area contributed by atoms with E-state index in [9.17, 15) is 4.79 Å². The molecule has 1 heteroatoms. The number of hydrogen-bond donors (Lipinski definition) is 0. The third-order valence-corrected chi connectivity index (χ3v) is 4.51. The molecule has 0 fully saturated rings. The second-order valence-corrected chi connectivity index (χ2v) is 6.21. The van der Waals surface area contributed by atoms with Gasteiger partial charge < -0.3 is 0 Å². The Bertz CT molecular complexity index is 1030. The number of hydrogen-bond acceptors (Lipinski definition) is 1. The highest BCUT2D eigenvalue weighted by molar-refractivity contribution is 6.11. The van der Waals surface area contributed by atoms with Gasteiger partial charge in [0.15, 0.2) is 5.78 Å². The summed E-state index contributed by atoms with van der Waals surface area (Å²) in [6, 6.07) is 32.2. The molecule has 120 valence electrons. The number of benzene rings is 4. The number of fused-ring (bicyclic) bond motifs is 1. The third kappa shape index (κ3) is 3.22. The Balaban J connectivity index is 1.72. The normalized spacial score (nSPS) is 10.7. The minimum Gasteiger partial charge on any atom is -0.289 e. The highest BCUT2D eigenvalue weighted by Crippen LogP contribution is 2.21. The standard InChI is InChI=1S/C24H18O/c25-24(22-15-14-19-10-4-5-11-20(19)17-22)23-13-7-6-12-21(23)16-18-8-2-1-3-9-18/h1-15,17H,16H2. The van der Waals surface area contributed by atoms with Gasteiger partial charge in [-0.2, -0.15) is 0 Å². The lowest BCUT2D eigenvalue weighted by atomic mass is 9.93. The van der Waals surface area contributed by atoms with Gasteiger partial charge in [0, 0.05) is 11.1 Å². The summed E-state index contributed by atoms with van der Waals surface area (Å²) >= 11 is 0. The number of carbonyl (C=O) groups is 1. The van der Waals surface area contributed by atoms with Gasteiger partial charge in [-0.15, -0.1) is 0 Å². The van der Waals surface area contributed by atoms with Gasteiger partial charge in [0.2, 0.25) is 0 Å². The number of rotatable bonds is 4. The van der Waals surface area contributed by atoms with Gasteiger partial charge in [0.25, 0.3) is 0 Å². The van der Waals surface area contributed by atoms with Crippen LogP contribution in [0.25, 0.3) is 10.8 Å². The number of ketones is 1. The van der Waals surface area contributed by atoms with Crippen LogP contribution in [0.5, 0.6) is 0 Å². The van der Waals surface area contributed by atoms with Crippen molar-refractivity contribution < 1.29 is 4.79 Å². The molecule has 0 N–H and O–H groups in total. The Morgan fingerprint density at radius 1 is 0.640 bits per heavy atom. The van der Waals surface area contributed by atoms with Crippen LogP contribution in [0.2, 0.25) is 0 Å². The maximum absolute atomic E-state index is 13.1. The minimum atomic E-state index is 0.0808. The topological polar surface area (TPSA) is 17.1 Å². The highest BCUT2D eigenvalue weighted by atomic mass is 16.1. The molecule has 0 radical (unpaired) electrons. The lowest BCUT2D eigenvalue weighted by Crippen LogP contribution is -2.06. The summed E-state index contributed by atoms with van der Waals surface area (Å²) in [5, 5.41) is 2.24. The van der Waals surface area contributed by atoms with E-state index in [2.05, 4.69) is 18.2 Å². The van der Waals surface area contributed by atoms with Crippen LogP contribution in [-0.2, 0) is 6.42 Å². The van der Waals surface area contributed by atoms with Crippen LogP contribution in [0.1, 0.15) is 27.0 Å². The van der Waals surface area contributed by atoms with Gasteiger partial charge in [-0.1, -0.05) is 91.0 Å². The van der Waals surface area contributed by atoms with Crippen LogP contribution >= 0.6 is 0 Å². The summed E-state index contributed by atoms with van der Waals surface area (Å²) < 4.78 is 0. The summed E-state index contributed by atoms with van der Waals surface area (Å²) in [6.45, 7) is 0. The van der Waals surface area contributed by atoms with Crippen LogP contribution in [0, 0.1) is 0 Å². The van der Waals surface area contributed by atoms with Gasteiger partial charge in [-0.05, 0) is 34.4 Å². The molecule has 4 aromatic carbocycles. The first-order valence-corrected chi connectivity index (χ1v) is 8.46. The second-order valence-electron chi connectivity index (χ2n) is 6.21. The van der Waals surface area contributed by atoms with Crippen molar-refractivity contribution in [2.75, 3.05) is 0 Å². The lowest BCUT2D eigenvalue weighted by Gasteiger charge is -2.10. The fraction of sp³-hybridized carbons (Fsp3) is 0.0417. The monoisotopic (exact) mass is 322 g/mol. The molecule has 0 saturated carbocycles. The molecular weight excluding hydrogens is 304 g/mol. The van der Waals surface area contributed by atoms with E-state index in [0.29, 0.717) is 0 Å². The average molecular weight is 322 g/mol. The van der Waals surface area contributed by atoms with Crippen molar-refractivity contribution in [3.05, 3.63) is 119 Å². The Morgan fingerprint density at radius 3 is 2.16 bits per heavy atom. The van der Waals surface area contributed by atoms with E-state index in [0.717, 1.165) is 33.9 Å². The Hall–Kier alpha value is -3.19. The fourth-order valence-electron chi connectivity index (χ4n) is 3.20. The average Bonchev–Trinajstić information content (AvgIpc) is 2.68. The van der Waals surface area contributed by atoms with E-state index >= 15 is 0 Å². The molecule has 0 unspecified atom stereocenters. The van der Waals surface area contributed by atoms with E-state index in [-0.39, 0.29) is 5.78 Å². The zero-order valence-electron chi connectivity index (χ0n) is 13.9. The van der Waals surface area contributed by atoms with Crippen molar-refractivity contribution in [1.29, 1.82) is 0 Å². The van der Waals surface area contributed by atoms with E-state index < -0.39 is 0 Å². The van der Waals surface area contributed by atoms with Crippen molar-refractivity contribution in [2.24, 2.45) is 0 Å². The molecule has 0 aliphatic carbocycles. The van der Waals surface area contributed by atoms with Crippen molar-refractivity contribution in [3.63, 3.8) is 0 Å². The molecule has 0 atom stereocenters. The quantitative estimate of drug-likeness (QED) is 0.443. The maximum atomic E-state index is 13.1. The molecule has 0 spiro atoms. The summed E-state index contributed by atoms with van der Waals surface area (Å²) in [6.07, 6.45) is 0.760. The Morgan fingerprint density at radius 2 is 1.32 bits per heavy atom. The Kier molecular flexibility index (Phi) is 4.14. The zero-order chi connectivity index (χ0) is 17.1. The lowest BCUT2D eigenvalue weighted by molar-refractivity contribution is 0.103. The molecule has 0 aliphatic rings. The number of carbonyl (C=O) groups excluding carboxylic acids is 1. The van der Waals surface area contributed by atoms with Crippen LogP contribution in [0.3, 0.4) is 0 Å². The van der Waals surface area contributed by atoms with Crippen LogP contribution in [-0.4, -0.2) is 5.78 Å². The van der Waals surface area contributed by atoms with Crippen molar-refractivity contribution in [1.82, 2.24) is 0 Å². The summed E-state index contributed by atoms with van der Waals surface area (Å²) in [7, 11) is 0. The first kappa shape index (κ1) is 15.3. The predicted octanol–water partition coefficient (Wildman–Crippen LogP) is 5.66. The van der Waals surface area contributed by atoms with Gasteiger partial charge in [0.1, 0.15) is 0 Å². The smallest absolute Gasteiger partial charge is 0.193 e. The first-order valence-electron chi connectivity index (χ1n) is 8.46. The molecule has 1 nitrogen and oxygen atoms in total. The molecular formula is C24H18O. The Labute approximate surface area is 147 Å². The van der Waals surface area contributed by atoms with Crippen LogP contribution < -0.4 is 0 Å². The maximum Gasteiger partial charge on any atom is 0.193 e.